The third-order valence-electron chi connectivity index (χ3n) is 3.85. The Morgan fingerprint density at radius 3 is 2.69 bits per heavy atom. The lowest BCUT2D eigenvalue weighted by Gasteiger charge is -2.17. The molecule has 134 valence electrons. The average Bonchev–Trinajstić information content (AvgIpc) is 2.68. The Bertz CT molecular complexity index is 838. The van der Waals surface area contributed by atoms with Crippen molar-refractivity contribution in [3.8, 4) is 28.7 Å². The summed E-state index contributed by atoms with van der Waals surface area (Å²) in [5.41, 5.74) is 2.04. The topological polar surface area (TPSA) is 71.3 Å². The normalized spacial score (nSPS) is 9.88. The fourth-order valence-electron chi connectivity index (χ4n) is 2.55. The number of nitriles is 1. The van der Waals surface area contributed by atoms with Gasteiger partial charge in [-0.05, 0) is 30.7 Å². The third-order valence-corrected chi connectivity index (χ3v) is 3.85. The molecule has 5 heteroatoms. The molecule has 0 radical (unpaired) electrons. The lowest BCUT2D eigenvalue weighted by Crippen LogP contribution is -2.10. The van der Waals surface area contributed by atoms with Gasteiger partial charge in [0.05, 0.1) is 25.0 Å². The van der Waals surface area contributed by atoms with E-state index >= 15 is 0 Å². The highest BCUT2D eigenvalue weighted by molar-refractivity contribution is 6.01. The fraction of sp³-hybridized carbons (Fsp3) is 0.238. The lowest BCUT2D eigenvalue weighted by molar-refractivity contribution is -0.111. The number of unbranched alkanes of at least 4 members (excludes halogenated alkanes) is 1. The van der Waals surface area contributed by atoms with Crippen LogP contribution in [0.3, 0.4) is 0 Å². The maximum absolute atomic E-state index is 11.7. The molecule has 26 heavy (non-hydrogen) atoms. The standard InChI is InChI=1S/C21H22N2O3/c1-4-6-13-26-18-10-8-7-9-15(18)21-16(14-22)17(23-20(24)5-2)11-12-19(21)25-3/h5,7-12H,2,4,6,13H2,1,3H3,(H,23,24). The number of carbonyl (C=O) groups is 1. The SMILES string of the molecule is C=CC(=O)Nc1ccc(OC)c(-c2ccccc2OCCCC)c1C#N. The van der Waals surface area contributed by atoms with Gasteiger partial charge in [-0.3, -0.25) is 4.79 Å². The van der Waals surface area contributed by atoms with Gasteiger partial charge in [0.25, 0.3) is 0 Å². The summed E-state index contributed by atoms with van der Waals surface area (Å²) in [6, 6.07) is 13.0. The lowest BCUT2D eigenvalue weighted by atomic mass is 9.96. The van der Waals surface area contributed by atoms with Crippen LogP contribution in [-0.2, 0) is 4.79 Å². The zero-order chi connectivity index (χ0) is 18.9. The maximum Gasteiger partial charge on any atom is 0.247 e. The first-order valence-electron chi connectivity index (χ1n) is 8.42. The average molecular weight is 350 g/mol. The van der Waals surface area contributed by atoms with Crippen LogP contribution >= 0.6 is 0 Å². The molecule has 0 aromatic heterocycles. The minimum Gasteiger partial charge on any atom is -0.496 e. The summed E-state index contributed by atoms with van der Waals surface area (Å²) < 4.78 is 11.4. The maximum atomic E-state index is 11.7. The van der Waals surface area contributed by atoms with Crippen molar-refractivity contribution in [1.29, 1.82) is 5.26 Å². The number of ether oxygens (including phenoxy) is 2. The summed E-state index contributed by atoms with van der Waals surface area (Å²) in [5.74, 6) is 0.817. The first-order chi connectivity index (χ1) is 12.7. The van der Waals surface area contributed by atoms with E-state index in [0.717, 1.165) is 24.5 Å². The molecule has 5 nitrogen and oxygen atoms in total. The van der Waals surface area contributed by atoms with Crippen molar-refractivity contribution >= 4 is 11.6 Å². The molecule has 0 bridgehead atoms. The Hall–Kier alpha value is -3.26. The third kappa shape index (κ3) is 4.22. The van der Waals surface area contributed by atoms with E-state index in [1.54, 1.807) is 19.2 Å². The molecule has 2 aromatic rings. The van der Waals surface area contributed by atoms with E-state index in [1.165, 1.54) is 0 Å². The van der Waals surface area contributed by atoms with E-state index in [0.29, 0.717) is 34.9 Å². The molecule has 1 N–H and O–H groups in total. The largest absolute Gasteiger partial charge is 0.496 e. The molecular formula is C21H22N2O3. The molecule has 2 rings (SSSR count). The summed E-state index contributed by atoms with van der Waals surface area (Å²) in [5, 5.41) is 12.4. The van der Waals surface area contributed by atoms with E-state index in [1.807, 2.05) is 24.3 Å². The van der Waals surface area contributed by atoms with E-state index < -0.39 is 0 Å². The number of benzene rings is 2. The molecule has 0 heterocycles. The van der Waals surface area contributed by atoms with Crippen molar-refractivity contribution < 1.29 is 14.3 Å². The van der Waals surface area contributed by atoms with Crippen LogP contribution in [0.4, 0.5) is 5.69 Å². The smallest absolute Gasteiger partial charge is 0.247 e. The Morgan fingerprint density at radius 2 is 2.04 bits per heavy atom. The van der Waals surface area contributed by atoms with Gasteiger partial charge < -0.3 is 14.8 Å². The quantitative estimate of drug-likeness (QED) is 0.560. The van der Waals surface area contributed by atoms with Crippen molar-refractivity contribution in [2.24, 2.45) is 0 Å². The highest BCUT2D eigenvalue weighted by Gasteiger charge is 2.19. The van der Waals surface area contributed by atoms with Crippen LogP contribution in [-0.4, -0.2) is 19.6 Å². The second-order valence-corrected chi connectivity index (χ2v) is 5.57. The number of anilines is 1. The van der Waals surface area contributed by atoms with Gasteiger partial charge >= 0.3 is 0 Å². The minimum atomic E-state index is -0.384. The number of rotatable bonds is 8. The summed E-state index contributed by atoms with van der Waals surface area (Å²) in [4.78, 5) is 11.7. The van der Waals surface area contributed by atoms with Crippen LogP contribution in [0.15, 0.2) is 49.1 Å². The van der Waals surface area contributed by atoms with Crippen molar-refractivity contribution in [3.05, 3.63) is 54.6 Å². The van der Waals surface area contributed by atoms with Crippen LogP contribution in [0.2, 0.25) is 0 Å². The van der Waals surface area contributed by atoms with Gasteiger partial charge in [0.2, 0.25) is 5.91 Å². The van der Waals surface area contributed by atoms with Crippen molar-refractivity contribution in [2.75, 3.05) is 19.0 Å². The van der Waals surface area contributed by atoms with Gasteiger partial charge in [-0.25, -0.2) is 0 Å². The zero-order valence-electron chi connectivity index (χ0n) is 15.0. The Morgan fingerprint density at radius 1 is 1.27 bits per heavy atom. The number of amides is 1. The van der Waals surface area contributed by atoms with Crippen molar-refractivity contribution in [2.45, 2.75) is 19.8 Å². The second kappa shape index (κ2) is 9.28. The molecule has 2 aromatic carbocycles. The molecular weight excluding hydrogens is 328 g/mol. The molecule has 0 unspecified atom stereocenters. The van der Waals surface area contributed by atoms with E-state index in [4.69, 9.17) is 9.47 Å². The van der Waals surface area contributed by atoms with Gasteiger partial charge in [-0.2, -0.15) is 5.26 Å². The molecule has 0 aliphatic carbocycles. The number of nitrogens with one attached hydrogen (secondary N) is 1. The Labute approximate surface area is 153 Å². The van der Waals surface area contributed by atoms with E-state index in [-0.39, 0.29) is 5.91 Å². The predicted octanol–water partition coefficient (Wildman–Crippen LogP) is 4.54. The van der Waals surface area contributed by atoms with Gasteiger partial charge in [0.1, 0.15) is 17.6 Å². The molecule has 0 aliphatic rings. The number of hydrogen-bond donors (Lipinski definition) is 1. The monoisotopic (exact) mass is 350 g/mol. The van der Waals surface area contributed by atoms with Crippen LogP contribution in [0, 0.1) is 11.3 Å². The Kier molecular flexibility index (Phi) is 6.81. The summed E-state index contributed by atoms with van der Waals surface area (Å²) in [6.07, 6.45) is 3.12. The molecule has 0 spiro atoms. The number of para-hydroxylation sites is 1. The summed E-state index contributed by atoms with van der Waals surface area (Å²) in [6.45, 7) is 6.13. The minimum absolute atomic E-state index is 0.311. The van der Waals surface area contributed by atoms with Crippen LogP contribution in [0.5, 0.6) is 11.5 Å². The van der Waals surface area contributed by atoms with E-state index in [2.05, 4.69) is 24.9 Å². The molecule has 0 saturated heterocycles. The number of hydrogen-bond acceptors (Lipinski definition) is 4. The van der Waals surface area contributed by atoms with Gasteiger partial charge in [-0.15, -0.1) is 0 Å². The molecule has 0 atom stereocenters. The first kappa shape index (κ1) is 19.1. The number of nitrogens with zero attached hydrogens (tertiary/aromatic N) is 1. The zero-order valence-corrected chi connectivity index (χ0v) is 15.0. The highest BCUT2D eigenvalue weighted by atomic mass is 16.5. The molecule has 0 aliphatic heterocycles. The highest BCUT2D eigenvalue weighted by Crippen LogP contribution is 2.41. The van der Waals surface area contributed by atoms with Crippen LogP contribution < -0.4 is 14.8 Å². The van der Waals surface area contributed by atoms with Gasteiger partial charge in [0, 0.05) is 11.1 Å². The second-order valence-electron chi connectivity index (χ2n) is 5.57. The van der Waals surface area contributed by atoms with E-state index in [9.17, 15) is 10.1 Å². The number of carbonyl (C=O) groups excluding carboxylic acids is 1. The van der Waals surface area contributed by atoms with Crippen LogP contribution in [0.25, 0.3) is 11.1 Å². The molecule has 1 amide bonds. The summed E-state index contributed by atoms with van der Waals surface area (Å²) in [7, 11) is 1.54. The van der Waals surface area contributed by atoms with Crippen molar-refractivity contribution in [3.63, 3.8) is 0 Å². The van der Waals surface area contributed by atoms with Gasteiger partial charge in [0.15, 0.2) is 0 Å². The number of methoxy groups -OCH3 is 1. The molecule has 0 saturated carbocycles. The fourth-order valence-corrected chi connectivity index (χ4v) is 2.55. The first-order valence-corrected chi connectivity index (χ1v) is 8.42. The Balaban J connectivity index is 2.61. The van der Waals surface area contributed by atoms with Gasteiger partial charge in [-0.1, -0.05) is 38.1 Å². The molecule has 0 fully saturated rings. The predicted molar refractivity (Wildman–Crippen MR) is 102 cm³/mol. The van der Waals surface area contributed by atoms with Crippen molar-refractivity contribution in [1.82, 2.24) is 0 Å². The van der Waals surface area contributed by atoms with Crippen LogP contribution in [0.1, 0.15) is 25.3 Å². The summed E-state index contributed by atoms with van der Waals surface area (Å²) >= 11 is 0.